The fraction of sp³-hybridized carbons (Fsp3) is 0.278. The Bertz CT molecular complexity index is 924. The number of aromatic nitrogens is 4. The zero-order valence-corrected chi connectivity index (χ0v) is 14.7. The van der Waals surface area contributed by atoms with Crippen LogP contribution in [0.3, 0.4) is 0 Å². The van der Waals surface area contributed by atoms with Gasteiger partial charge < -0.3 is 14.6 Å². The molecule has 9 nitrogen and oxygen atoms in total. The van der Waals surface area contributed by atoms with Crippen molar-refractivity contribution in [3.63, 3.8) is 0 Å². The number of nitrogens with one attached hydrogen (secondary N) is 1. The van der Waals surface area contributed by atoms with Crippen molar-refractivity contribution in [2.75, 3.05) is 32.1 Å². The predicted octanol–water partition coefficient (Wildman–Crippen LogP) is 1.57. The molecule has 0 radical (unpaired) electrons. The molecule has 3 aromatic rings. The summed E-state index contributed by atoms with van der Waals surface area (Å²) in [4.78, 5) is 26.8. The highest BCUT2D eigenvalue weighted by Gasteiger charge is 2.33. The molecule has 1 fully saturated rings. The van der Waals surface area contributed by atoms with Crippen LogP contribution >= 0.6 is 0 Å². The summed E-state index contributed by atoms with van der Waals surface area (Å²) >= 11 is 0. The van der Waals surface area contributed by atoms with Gasteiger partial charge >= 0.3 is 0 Å². The number of anilines is 1. The second-order valence-corrected chi connectivity index (χ2v) is 6.20. The Hall–Kier alpha value is -3.33. The molecule has 9 heteroatoms. The van der Waals surface area contributed by atoms with Gasteiger partial charge in [-0.25, -0.2) is 9.97 Å². The van der Waals surface area contributed by atoms with Crippen molar-refractivity contribution < 1.29 is 14.1 Å². The van der Waals surface area contributed by atoms with Crippen molar-refractivity contribution in [1.29, 1.82) is 0 Å². The monoisotopic (exact) mass is 366 g/mol. The number of hydrogen-bond donors (Lipinski definition) is 1. The molecule has 2 aromatic heterocycles. The molecule has 0 aliphatic carbocycles. The Kier molecular flexibility index (Phi) is 4.75. The van der Waals surface area contributed by atoms with Crippen LogP contribution in [0.15, 0.2) is 47.2 Å². The van der Waals surface area contributed by atoms with Crippen LogP contribution in [-0.4, -0.2) is 57.7 Å². The van der Waals surface area contributed by atoms with Gasteiger partial charge in [0.05, 0.1) is 19.6 Å². The van der Waals surface area contributed by atoms with Crippen LogP contribution in [0.2, 0.25) is 0 Å². The summed E-state index contributed by atoms with van der Waals surface area (Å²) in [6.45, 7) is 1.67. The van der Waals surface area contributed by atoms with E-state index in [0.717, 1.165) is 0 Å². The zero-order valence-electron chi connectivity index (χ0n) is 14.7. The first-order valence-electron chi connectivity index (χ1n) is 8.48. The van der Waals surface area contributed by atoms with Gasteiger partial charge in [0, 0.05) is 37.2 Å². The number of nitrogens with zero attached hydrogens (tertiary/aromatic N) is 5. The van der Waals surface area contributed by atoms with Crippen LogP contribution in [0.25, 0.3) is 11.6 Å². The van der Waals surface area contributed by atoms with Crippen LogP contribution in [0, 0.1) is 0 Å². The minimum absolute atomic E-state index is 0.0781. The van der Waals surface area contributed by atoms with E-state index >= 15 is 0 Å². The second kappa shape index (κ2) is 7.50. The van der Waals surface area contributed by atoms with Gasteiger partial charge in [-0.3, -0.25) is 9.69 Å². The van der Waals surface area contributed by atoms with Gasteiger partial charge in [-0.05, 0) is 18.2 Å². The Morgan fingerprint density at radius 3 is 2.85 bits per heavy atom. The molecule has 0 saturated carbocycles. The third-order valence-electron chi connectivity index (χ3n) is 4.23. The smallest absolute Gasteiger partial charge is 0.240 e. The summed E-state index contributed by atoms with van der Waals surface area (Å²) in [5.74, 6) is 2.08. The van der Waals surface area contributed by atoms with Crippen LogP contribution in [0.5, 0.6) is 5.75 Å². The van der Waals surface area contributed by atoms with Crippen LogP contribution < -0.4 is 10.1 Å². The first-order valence-corrected chi connectivity index (χ1v) is 8.48. The fourth-order valence-corrected chi connectivity index (χ4v) is 2.87. The SMILES string of the molecule is COc1cccc(NC(=O)CN2CC(c3nc(-c4ncccn4)no3)C2)c1. The zero-order chi connectivity index (χ0) is 18.6. The van der Waals surface area contributed by atoms with Crippen LogP contribution in [0.4, 0.5) is 5.69 Å². The summed E-state index contributed by atoms with van der Waals surface area (Å²) in [7, 11) is 1.59. The van der Waals surface area contributed by atoms with Crippen LogP contribution in [-0.2, 0) is 4.79 Å². The summed E-state index contributed by atoms with van der Waals surface area (Å²) in [5, 5.41) is 6.79. The minimum Gasteiger partial charge on any atom is -0.497 e. The lowest BCUT2D eigenvalue weighted by Crippen LogP contribution is -2.48. The standard InChI is InChI=1S/C18H18N6O3/c1-26-14-5-2-4-13(8-14)21-15(25)11-24-9-12(10-24)18-22-17(23-27-18)16-19-6-3-7-20-16/h2-8,12H,9-11H2,1H3,(H,21,25). The van der Waals surface area contributed by atoms with Crippen molar-refractivity contribution in [2.45, 2.75) is 5.92 Å². The molecule has 1 amide bonds. The Balaban J connectivity index is 1.28. The Morgan fingerprint density at radius 2 is 2.07 bits per heavy atom. The lowest BCUT2D eigenvalue weighted by atomic mass is 10.0. The van der Waals surface area contributed by atoms with Crippen molar-refractivity contribution in [2.24, 2.45) is 0 Å². The lowest BCUT2D eigenvalue weighted by Gasteiger charge is -2.36. The number of hydrogen-bond acceptors (Lipinski definition) is 8. The maximum Gasteiger partial charge on any atom is 0.240 e. The minimum atomic E-state index is -0.0781. The molecule has 0 unspecified atom stereocenters. The van der Waals surface area contributed by atoms with Gasteiger partial charge in [0.1, 0.15) is 5.75 Å². The largest absolute Gasteiger partial charge is 0.497 e. The van der Waals surface area contributed by atoms with Gasteiger partial charge in [-0.1, -0.05) is 11.2 Å². The topological polar surface area (TPSA) is 106 Å². The molecule has 1 aliphatic heterocycles. The van der Waals surface area contributed by atoms with E-state index in [1.807, 2.05) is 23.1 Å². The van der Waals surface area contributed by atoms with E-state index < -0.39 is 0 Å². The van der Waals surface area contributed by atoms with E-state index in [1.54, 1.807) is 31.6 Å². The molecule has 138 valence electrons. The molecule has 0 bridgehead atoms. The first-order chi connectivity index (χ1) is 13.2. The maximum atomic E-state index is 12.2. The molecular weight excluding hydrogens is 348 g/mol. The van der Waals surface area contributed by atoms with Crippen molar-refractivity contribution in [3.05, 3.63) is 48.6 Å². The van der Waals surface area contributed by atoms with Gasteiger partial charge in [-0.15, -0.1) is 0 Å². The van der Waals surface area contributed by atoms with Crippen molar-refractivity contribution in [3.8, 4) is 17.4 Å². The average molecular weight is 366 g/mol. The van der Waals surface area contributed by atoms with Gasteiger partial charge in [0.15, 0.2) is 0 Å². The highest BCUT2D eigenvalue weighted by atomic mass is 16.5. The number of likely N-dealkylation sites (tertiary alicyclic amines) is 1. The van der Waals surface area contributed by atoms with Gasteiger partial charge in [-0.2, -0.15) is 4.98 Å². The van der Waals surface area contributed by atoms with E-state index in [2.05, 4.69) is 25.4 Å². The quantitative estimate of drug-likeness (QED) is 0.701. The van der Waals surface area contributed by atoms with E-state index in [-0.39, 0.29) is 11.8 Å². The molecule has 27 heavy (non-hydrogen) atoms. The third-order valence-corrected chi connectivity index (χ3v) is 4.23. The Morgan fingerprint density at radius 1 is 1.26 bits per heavy atom. The number of benzene rings is 1. The van der Waals surface area contributed by atoms with Crippen LogP contribution in [0.1, 0.15) is 11.8 Å². The number of methoxy groups -OCH3 is 1. The molecule has 4 rings (SSSR count). The molecule has 1 aliphatic rings. The molecule has 1 aromatic carbocycles. The molecule has 3 heterocycles. The number of amides is 1. The average Bonchev–Trinajstić information content (AvgIpc) is 3.15. The summed E-state index contributed by atoms with van der Waals surface area (Å²) < 4.78 is 10.5. The number of rotatable bonds is 6. The molecule has 1 N–H and O–H groups in total. The van der Waals surface area contributed by atoms with Gasteiger partial charge in [0.2, 0.25) is 23.4 Å². The highest BCUT2D eigenvalue weighted by Crippen LogP contribution is 2.26. The highest BCUT2D eigenvalue weighted by molar-refractivity contribution is 5.92. The van der Waals surface area contributed by atoms with E-state index in [1.165, 1.54) is 0 Å². The molecule has 0 spiro atoms. The van der Waals surface area contributed by atoms with E-state index in [9.17, 15) is 4.79 Å². The molecule has 1 saturated heterocycles. The molecule has 0 atom stereocenters. The Labute approximate surface area is 155 Å². The number of carbonyl (C=O) groups is 1. The summed E-state index contributed by atoms with van der Waals surface area (Å²) in [6, 6.07) is 8.99. The van der Waals surface area contributed by atoms with Crippen molar-refractivity contribution >= 4 is 11.6 Å². The summed E-state index contributed by atoms with van der Waals surface area (Å²) in [5.41, 5.74) is 0.709. The maximum absolute atomic E-state index is 12.2. The number of carbonyl (C=O) groups excluding carboxylic acids is 1. The van der Waals surface area contributed by atoms with E-state index in [0.29, 0.717) is 48.6 Å². The number of ether oxygens (including phenoxy) is 1. The van der Waals surface area contributed by atoms with Crippen molar-refractivity contribution in [1.82, 2.24) is 25.0 Å². The third kappa shape index (κ3) is 3.93. The van der Waals surface area contributed by atoms with Gasteiger partial charge in [0.25, 0.3) is 0 Å². The fourth-order valence-electron chi connectivity index (χ4n) is 2.87. The normalized spacial score (nSPS) is 14.6. The first kappa shape index (κ1) is 17.1. The second-order valence-electron chi connectivity index (χ2n) is 6.20. The lowest BCUT2D eigenvalue weighted by molar-refractivity contribution is -0.118. The molecular formula is C18H18N6O3. The van der Waals surface area contributed by atoms with E-state index in [4.69, 9.17) is 9.26 Å². The predicted molar refractivity (Wildman–Crippen MR) is 96.1 cm³/mol. The summed E-state index contributed by atoms with van der Waals surface area (Å²) in [6.07, 6.45) is 3.26.